The maximum atomic E-state index is 13.5. The second kappa shape index (κ2) is 7.00. The lowest BCUT2D eigenvalue weighted by Gasteiger charge is -2.48. The standard InChI is InChI=1S/C24H28FN5O/c1-14-10-15(6-9-26-14)22-19-11-16-13-30(23(31)27-20(16)12-21(19)28-29-22)24(7-8-24)17-2-4-18(25)5-3-17/h2-6,9-10,16,19-22,28-29H,7-8,11-13H2,1H3,(H,27,31). The Hall–Kier alpha value is -2.51. The van der Waals surface area contributed by atoms with Gasteiger partial charge in [0.05, 0.1) is 11.6 Å². The summed E-state index contributed by atoms with van der Waals surface area (Å²) >= 11 is 0. The van der Waals surface area contributed by atoms with E-state index in [1.807, 2.05) is 30.2 Å². The van der Waals surface area contributed by atoms with Crippen LogP contribution in [0.25, 0.3) is 0 Å². The highest BCUT2D eigenvalue weighted by Crippen LogP contribution is 2.53. The number of hydrogen-bond acceptors (Lipinski definition) is 4. The summed E-state index contributed by atoms with van der Waals surface area (Å²) in [6.45, 7) is 2.79. The topological polar surface area (TPSA) is 69.3 Å². The van der Waals surface area contributed by atoms with Crippen LogP contribution < -0.4 is 16.2 Å². The first-order valence-electron chi connectivity index (χ1n) is 11.3. The summed E-state index contributed by atoms with van der Waals surface area (Å²) < 4.78 is 13.5. The number of rotatable bonds is 3. The van der Waals surface area contributed by atoms with Crippen molar-refractivity contribution >= 4 is 6.03 Å². The minimum Gasteiger partial charge on any atom is -0.335 e. The van der Waals surface area contributed by atoms with Crippen LogP contribution in [0.4, 0.5) is 9.18 Å². The van der Waals surface area contributed by atoms with Crippen molar-refractivity contribution in [3.63, 3.8) is 0 Å². The summed E-state index contributed by atoms with van der Waals surface area (Å²) in [5, 5.41) is 3.31. The molecule has 0 spiro atoms. The van der Waals surface area contributed by atoms with Gasteiger partial charge in [0.2, 0.25) is 0 Å². The van der Waals surface area contributed by atoms with Gasteiger partial charge in [-0.3, -0.25) is 10.4 Å². The lowest BCUT2D eigenvalue weighted by molar-refractivity contribution is 0.0732. The smallest absolute Gasteiger partial charge is 0.318 e. The molecule has 1 aromatic carbocycles. The monoisotopic (exact) mass is 421 g/mol. The first-order valence-corrected chi connectivity index (χ1v) is 11.3. The number of pyridine rings is 1. The molecule has 4 aliphatic rings. The predicted molar refractivity (Wildman–Crippen MR) is 114 cm³/mol. The van der Waals surface area contributed by atoms with E-state index in [2.05, 4.69) is 33.3 Å². The van der Waals surface area contributed by atoms with Crippen molar-refractivity contribution in [3.05, 3.63) is 65.2 Å². The van der Waals surface area contributed by atoms with E-state index >= 15 is 0 Å². The third-order valence-electron chi connectivity index (χ3n) is 7.89. The Balaban J connectivity index is 1.24. The number of urea groups is 1. The molecular formula is C24H28FN5O. The Kier molecular flexibility index (Phi) is 4.34. The largest absolute Gasteiger partial charge is 0.335 e. The summed E-state index contributed by atoms with van der Waals surface area (Å²) in [6.07, 6.45) is 5.76. The van der Waals surface area contributed by atoms with Crippen LogP contribution in [0.3, 0.4) is 0 Å². The van der Waals surface area contributed by atoms with E-state index < -0.39 is 0 Å². The third-order valence-corrected chi connectivity index (χ3v) is 7.89. The van der Waals surface area contributed by atoms with Crippen LogP contribution in [0.2, 0.25) is 0 Å². The lowest BCUT2D eigenvalue weighted by atomic mass is 9.71. The van der Waals surface area contributed by atoms with Gasteiger partial charge in [0.1, 0.15) is 5.82 Å². The molecule has 31 heavy (non-hydrogen) atoms. The predicted octanol–water partition coefficient (Wildman–Crippen LogP) is 3.16. The van der Waals surface area contributed by atoms with E-state index in [9.17, 15) is 9.18 Å². The van der Waals surface area contributed by atoms with Crippen molar-refractivity contribution in [1.82, 2.24) is 26.1 Å². The minimum absolute atomic E-state index is 0.0220. The maximum Gasteiger partial charge on any atom is 0.318 e. The van der Waals surface area contributed by atoms with E-state index in [0.29, 0.717) is 17.9 Å². The average molecular weight is 422 g/mol. The molecule has 1 aromatic heterocycles. The normalized spacial score (nSPS) is 33.4. The number of carbonyl (C=O) groups excluding carboxylic acids is 1. The highest BCUT2D eigenvalue weighted by atomic mass is 19.1. The van der Waals surface area contributed by atoms with Crippen molar-refractivity contribution in [1.29, 1.82) is 0 Å². The average Bonchev–Trinajstić information content (AvgIpc) is 3.46. The third kappa shape index (κ3) is 3.13. The van der Waals surface area contributed by atoms with Gasteiger partial charge in [-0.05, 0) is 79.8 Å². The number of aromatic nitrogens is 1. The van der Waals surface area contributed by atoms with Gasteiger partial charge in [0, 0.05) is 30.5 Å². The van der Waals surface area contributed by atoms with Crippen LogP contribution in [-0.4, -0.2) is 34.5 Å². The summed E-state index contributed by atoms with van der Waals surface area (Å²) in [4.78, 5) is 19.5. The van der Waals surface area contributed by atoms with E-state index in [1.54, 1.807) is 0 Å². The van der Waals surface area contributed by atoms with E-state index in [-0.39, 0.29) is 29.5 Å². The van der Waals surface area contributed by atoms with Crippen molar-refractivity contribution < 1.29 is 9.18 Å². The molecule has 0 bridgehead atoms. The molecule has 3 heterocycles. The molecule has 0 radical (unpaired) electrons. The fourth-order valence-electron chi connectivity index (χ4n) is 6.14. The quantitative estimate of drug-likeness (QED) is 0.712. The molecule has 2 saturated carbocycles. The summed E-state index contributed by atoms with van der Waals surface area (Å²) in [7, 11) is 0. The van der Waals surface area contributed by atoms with Gasteiger partial charge in [-0.15, -0.1) is 0 Å². The lowest BCUT2D eigenvalue weighted by Crippen LogP contribution is -2.63. The van der Waals surface area contributed by atoms with E-state index in [1.165, 1.54) is 17.7 Å². The highest BCUT2D eigenvalue weighted by Gasteiger charge is 2.56. The Morgan fingerprint density at radius 3 is 2.65 bits per heavy atom. The first kappa shape index (κ1) is 19.2. The summed E-state index contributed by atoms with van der Waals surface area (Å²) in [6, 6.07) is 11.8. The summed E-state index contributed by atoms with van der Waals surface area (Å²) in [5.41, 5.74) is 10.1. The van der Waals surface area contributed by atoms with Crippen LogP contribution in [0.5, 0.6) is 0 Å². The number of nitrogens with zero attached hydrogens (tertiary/aromatic N) is 2. The molecule has 2 saturated heterocycles. The molecule has 3 N–H and O–H groups in total. The van der Waals surface area contributed by atoms with Gasteiger partial charge in [-0.25, -0.2) is 14.6 Å². The van der Waals surface area contributed by atoms with Crippen molar-refractivity contribution in [2.24, 2.45) is 11.8 Å². The minimum atomic E-state index is -0.270. The molecule has 5 atom stereocenters. The Morgan fingerprint density at radius 1 is 1.10 bits per heavy atom. The van der Waals surface area contributed by atoms with Crippen molar-refractivity contribution in [2.45, 2.75) is 56.3 Å². The fourth-order valence-corrected chi connectivity index (χ4v) is 6.14. The number of aryl methyl sites for hydroxylation is 1. The molecule has 6 rings (SSSR count). The fraction of sp³-hybridized carbons (Fsp3) is 0.500. The zero-order valence-electron chi connectivity index (χ0n) is 17.6. The van der Waals surface area contributed by atoms with Gasteiger partial charge in [-0.1, -0.05) is 12.1 Å². The molecule has 4 fully saturated rings. The Bertz CT molecular complexity index is 1010. The molecule has 2 aliphatic heterocycles. The van der Waals surface area contributed by atoms with Gasteiger partial charge < -0.3 is 10.2 Å². The zero-order valence-corrected chi connectivity index (χ0v) is 17.6. The van der Waals surface area contributed by atoms with Crippen LogP contribution in [0.15, 0.2) is 42.6 Å². The number of amides is 2. The van der Waals surface area contributed by atoms with E-state index in [4.69, 9.17) is 0 Å². The van der Waals surface area contributed by atoms with Gasteiger partial charge in [0.15, 0.2) is 0 Å². The van der Waals surface area contributed by atoms with E-state index in [0.717, 1.165) is 43.5 Å². The number of fused-ring (bicyclic) bond motifs is 2. The van der Waals surface area contributed by atoms with Crippen LogP contribution in [0.1, 0.15) is 48.5 Å². The van der Waals surface area contributed by atoms with Crippen molar-refractivity contribution in [3.8, 4) is 0 Å². The maximum absolute atomic E-state index is 13.5. The molecule has 6 nitrogen and oxygen atoms in total. The molecule has 2 aromatic rings. The first-order chi connectivity index (χ1) is 15.0. The molecule has 2 amide bonds. The molecule has 7 heteroatoms. The van der Waals surface area contributed by atoms with Gasteiger partial charge in [-0.2, -0.15) is 0 Å². The van der Waals surface area contributed by atoms with Gasteiger partial charge in [0.25, 0.3) is 0 Å². The van der Waals surface area contributed by atoms with Crippen molar-refractivity contribution in [2.75, 3.05) is 6.54 Å². The number of nitrogens with one attached hydrogen (secondary N) is 3. The number of carbonyl (C=O) groups is 1. The van der Waals surface area contributed by atoms with Crippen LogP contribution in [0, 0.1) is 24.6 Å². The molecular weight excluding hydrogens is 393 g/mol. The number of halogens is 1. The molecule has 5 unspecified atom stereocenters. The molecule has 162 valence electrons. The second-order valence-corrected chi connectivity index (χ2v) is 9.70. The Labute approximate surface area is 181 Å². The van der Waals surface area contributed by atoms with Gasteiger partial charge >= 0.3 is 6.03 Å². The highest BCUT2D eigenvalue weighted by molar-refractivity contribution is 5.77. The SMILES string of the molecule is Cc1cc(C2NNC3CC4NC(=O)N(C5(c6ccc(F)cc6)CC5)CC4CC32)ccn1. The van der Waals surface area contributed by atoms with Crippen LogP contribution in [-0.2, 0) is 5.54 Å². The molecule has 2 aliphatic carbocycles. The number of hydrogen-bond donors (Lipinski definition) is 3. The van der Waals surface area contributed by atoms with Crippen LogP contribution >= 0.6 is 0 Å². The Morgan fingerprint density at radius 2 is 1.90 bits per heavy atom. The second-order valence-electron chi connectivity index (χ2n) is 9.70. The zero-order chi connectivity index (χ0) is 21.2. The number of hydrazine groups is 1. The number of benzene rings is 1. The summed E-state index contributed by atoms with van der Waals surface area (Å²) in [5.74, 6) is 0.643.